The number of aliphatic hydroxyl groups is 1. The van der Waals surface area contributed by atoms with Crippen molar-refractivity contribution in [2.75, 3.05) is 13.1 Å². The first-order chi connectivity index (χ1) is 12.5. The van der Waals surface area contributed by atoms with Crippen molar-refractivity contribution in [1.82, 2.24) is 14.3 Å². The van der Waals surface area contributed by atoms with Gasteiger partial charge in [-0.15, -0.1) is 0 Å². The van der Waals surface area contributed by atoms with E-state index in [2.05, 4.69) is 4.98 Å². The van der Waals surface area contributed by atoms with E-state index in [-0.39, 0.29) is 22.7 Å². The number of hydrogen-bond donors (Lipinski definition) is 3. The molecular weight excluding hydrogens is 334 g/mol. The Morgan fingerprint density at radius 3 is 2.73 bits per heavy atom. The van der Waals surface area contributed by atoms with Crippen molar-refractivity contribution in [3.05, 3.63) is 70.3 Å². The van der Waals surface area contributed by atoms with Gasteiger partial charge in [0.1, 0.15) is 5.75 Å². The summed E-state index contributed by atoms with van der Waals surface area (Å²) in [6.07, 6.45) is 0.772. The lowest BCUT2D eigenvalue weighted by Gasteiger charge is -2.23. The molecule has 1 aromatic carbocycles. The zero-order valence-corrected chi connectivity index (χ0v) is 14.4. The summed E-state index contributed by atoms with van der Waals surface area (Å²) >= 11 is 0. The number of aromatic nitrogens is 2. The van der Waals surface area contributed by atoms with Crippen LogP contribution in [0.1, 0.15) is 24.3 Å². The highest BCUT2D eigenvalue weighted by Crippen LogP contribution is 2.20. The molecule has 1 atom stereocenters. The normalized spacial score (nSPS) is 12.6. The van der Waals surface area contributed by atoms with E-state index in [0.29, 0.717) is 30.9 Å². The van der Waals surface area contributed by atoms with E-state index in [4.69, 9.17) is 0 Å². The van der Waals surface area contributed by atoms with Crippen molar-refractivity contribution < 1.29 is 15.3 Å². The number of pyridine rings is 1. The fourth-order valence-corrected chi connectivity index (χ4v) is 2.86. The van der Waals surface area contributed by atoms with Crippen LogP contribution in [0, 0.1) is 0 Å². The molecule has 0 saturated carbocycles. The lowest BCUT2D eigenvalue weighted by Crippen LogP contribution is -2.29. The fraction of sp³-hybridized carbons (Fsp3) is 0.263. The van der Waals surface area contributed by atoms with Crippen LogP contribution in [0.25, 0.3) is 5.65 Å². The van der Waals surface area contributed by atoms with Gasteiger partial charge in [0.05, 0.1) is 11.8 Å². The summed E-state index contributed by atoms with van der Waals surface area (Å²) in [6, 6.07) is 11.0. The Labute approximate surface area is 150 Å². The van der Waals surface area contributed by atoms with Crippen LogP contribution in [0.4, 0.5) is 0 Å². The fourth-order valence-electron chi connectivity index (χ4n) is 2.86. The van der Waals surface area contributed by atoms with E-state index in [1.807, 2.05) is 11.8 Å². The molecule has 0 aliphatic heterocycles. The number of likely N-dealkylation sites (N-methyl/N-ethyl adjacent to an activating group) is 1. The van der Waals surface area contributed by atoms with Gasteiger partial charge in [-0.1, -0.05) is 19.1 Å². The lowest BCUT2D eigenvalue weighted by molar-refractivity contribution is 0.111. The van der Waals surface area contributed by atoms with Crippen molar-refractivity contribution in [2.45, 2.75) is 19.6 Å². The third-order valence-corrected chi connectivity index (χ3v) is 4.24. The molecule has 0 amide bonds. The maximum atomic E-state index is 12.2. The standard InChI is InChI=1S/C19H21N3O4/c1-2-21(12-17(25)13-5-3-6-15(23)9-13)11-14-10-18(26)22-8-4-7-16(24)19(22)20-14/h3-10,17,23-25H,2,11-12H2,1H3. The van der Waals surface area contributed by atoms with Crippen LogP contribution in [0.5, 0.6) is 11.5 Å². The molecule has 2 heterocycles. The van der Waals surface area contributed by atoms with Crippen LogP contribution >= 0.6 is 0 Å². The highest BCUT2D eigenvalue weighted by molar-refractivity contribution is 5.52. The lowest BCUT2D eigenvalue weighted by atomic mass is 10.1. The monoisotopic (exact) mass is 355 g/mol. The van der Waals surface area contributed by atoms with E-state index in [9.17, 15) is 20.1 Å². The molecule has 0 aliphatic carbocycles. The topological polar surface area (TPSA) is 98.3 Å². The zero-order valence-electron chi connectivity index (χ0n) is 14.4. The molecule has 3 N–H and O–H groups in total. The Balaban J connectivity index is 1.81. The molecule has 136 valence electrons. The molecule has 3 rings (SSSR count). The summed E-state index contributed by atoms with van der Waals surface area (Å²) in [5.41, 5.74) is 1.07. The average Bonchev–Trinajstić information content (AvgIpc) is 2.62. The van der Waals surface area contributed by atoms with Crippen molar-refractivity contribution in [3.63, 3.8) is 0 Å². The molecule has 7 nitrogen and oxygen atoms in total. The Bertz CT molecular complexity index is 970. The van der Waals surface area contributed by atoms with Crippen molar-refractivity contribution >= 4 is 5.65 Å². The molecule has 0 aliphatic rings. The van der Waals surface area contributed by atoms with Gasteiger partial charge in [0.2, 0.25) is 0 Å². The SMILES string of the molecule is CCN(Cc1cc(=O)n2cccc(O)c2n1)CC(O)c1cccc(O)c1. The molecule has 0 saturated heterocycles. The zero-order chi connectivity index (χ0) is 18.7. The number of fused-ring (bicyclic) bond motifs is 1. The van der Waals surface area contributed by atoms with Gasteiger partial charge in [0, 0.05) is 25.4 Å². The molecule has 0 spiro atoms. The second-order valence-corrected chi connectivity index (χ2v) is 6.11. The Hall–Kier alpha value is -2.90. The summed E-state index contributed by atoms with van der Waals surface area (Å²) < 4.78 is 1.29. The van der Waals surface area contributed by atoms with E-state index >= 15 is 0 Å². The molecule has 0 bridgehead atoms. The number of hydrogen-bond acceptors (Lipinski definition) is 6. The average molecular weight is 355 g/mol. The van der Waals surface area contributed by atoms with Crippen LogP contribution in [-0.2, 0) is 6.54 Å². The van der Waals surface area contributed by atoms with Gasteiger partial charge in [0.25, 0.3) is 5.56 Å². The van der Waals surface area contributed by atoms with Crippen molar-refractivity contribution in [1.29, 1.82) is 0 Å². The number of aromatic hydroxyl groups is 2. The van der Waals surface area contributed by atoms with Gasteiger partial charge in [-0.25, -0.2) is 4.98 Å². The van der Waals surface area contributed by atoms with Crippen molar-refractivity contribution in [2.24, 2.45) is 0 Å². The Morgan fingerprint density at radius 1 is 1.19 bits per heavy atom. The molecule has 7 heteroatoms. The largest absolute Gasteiger partial charge is 0.508 e. The van der Waals surface area contributed by atoms with Gasteiger partial charge in [-0.2, -0.15) is 0 Å². The van der Waals surface area contributed by atoms with Gasteiger partial charge in [-0.05, 0) is 36.4 Å². The molecule has 1 unspecified atom stereocenters. The minimum atomic E-state index is -0.781. The highest BCUT2D eigenvalue weighted by atomic mass is 16.3. The predicted octanol–water partition coefficient (Wildman–Crippen LogP) is 1.66. The first-order valence-corrected chi connectivity index (χ1v) is 8.37. The number of aliphatic hydroxyl groups excluding tert-OH is 1. The third-order valence-electron chi connectivity index (χ3n) is 4.24. The van der Waals surface area contributed by atoms with Gasteiger partial charge >= 0.3 is 0 Å². The predicted molar refractivity (Wildman–Crippen MR) is 97.1 cm³/mol. The molecule has 2 aromatic heterocycles. The summed E-state index contributed by atoms with van der Waals surface area (Å²) in [5.74, 6) is 0.0404. The number of phenols is 1. The molecule has 0 radical (unpaired) electrons. The first kappa shape index (κ1) is 17.9. The number of rotatable bonds is 6. The maximum Gasteiger partial charge on any atom is 0.258 e. The third kappa shape index (κ3) is 3.84. The summed E-state index contributed by atoms with van der Waals surface area (Å²) in [6.45, 7) is 3.26. The second kappa shape index (κ2) is 7.55. The van der Waals surface area contributed by atoms with Crippen LogP contribution < -0.4 is 5.56 Å². The van der Waals surface area contributed by atoms with Gasteiger partial charge < -0.3 is 15.3 Å². The molecule has 3 aromatic rings. The number of phenolic OH excluding ortho intramolecular Hbond substituents is 1. The summed E-state index contributed by atoms with van der Waals surface area (Å²) in [5, 5.41) is 29.9. The van der Waals surface area contributed by atoms with Gasteiger partial charge in [0.15, 0.2) is 11.4 Å². The van der Waals surface area contributed by atoms with Crippen LogP contribution in [-0.4, -0.2) is 42.7 Å². The summed E-state index contributed by atoms with van der Waals surface area (Å²) in [7, 11) is 0. The molecular formula is C19H21N3O4. The van der Waals surface area contributed by atoms with E-state index in [0.717, 1.165) is 0 Å². The minimum absolute atomic E-state index is 0.0608. The second-order valence-electron chi connectivity index (χ2n) is 6.11. The van der Waals surface area contributed by atoms with E-state index < -0.39 is 6.10 Å². The first-order valence-electron chi connectivity index (χ1n) is 8.37. The van der Waals surface area contributed by atoms with E-state index in [1.54, 1.807) is 30.5 Å². The Morgan fingerprint density at radius 2 is 2.00 bits per heavy atom. The Kier molecular flexibility index (Phi) is 5.20. The highest BCUT2D eigenvalue weighted by Gasteiger charge is 2.15. The minimum Gasteiger partial charge on any atom is -0.508 e. The smallest absolute Gasteiger partial charge is 0.258 e. The van der Waals surface area contributed by atoms with Crippen LogP contribution in [0.2, 0.25) is 0 Å². The van der Waals surface area contributed by atoms with Crippen LogP contribution in [0.3, 0.4) is 0 Å². The van der Waals surface area contributed by atoms with Crippen molar-refractivity contribution in [3.8, 4) is 11.5 Å². The van der Waals surface area contributed by atoms with Gasteiger partial charge in [-0.3, -0.25) is 14.1 Å². The quantitative estimate of drug-likeness (QED) is 0.622. The molecule has 26 heavy (non-hydrogen) atoms. The number of nitrogens with zero attached hydrogens (tertiary/aromatic N) is 3. The number of benzene rings is 1. The summed E-state index contributed by atoms with van der Waals surface area (Å²) in [4.78, 5) is 18.5. The maximum absolute atomic E-state index is 12.2. The van der Waals surface area contributed by atoms with E-state index in [1.165, 1.54) is 22.6 Å². The van der Waals surface area contributed by atoms with Crippen LogP contribution in [0.15, 0.2) is 53.5 Å². The molecule has 0 fully saturated rings.